The molecule has 0 aliphatic heterocycles. The fourth-order valence-corrected chi connectivity index (χ4v) is 3.00. The summed E-state index contributed by atoms with van der Waals surface area (Å²) in [6.07, 6.45) is 0. The van der Waals surface area contributed by atoms with Gasteiger partial charge in [0.05, 0.1) is 16.3 Å². The number of benzene rings is 1. The van der Waals surface area contributed by atoms with Crippen molar-refractivity contribution in [3.63, 3.8) is 0 Å². The Morgan fingerprint density at radius 1 is 1.47 bits per heavy atom. The van der Waals surface area contributed by atoms with E-state index < -0.39 is 16.1 Å². The third kappa shape index (κ3) is 3.07. The number of carbonyl (C=O) groups excluding carboxylic acids is 1. The standard InChI is InChI=1S/C10H12N4O3S2/c1-5(11)9(15)13-6-2-3-8-7(4-6)14-10(18-8)19(12,16)17/h2-5H,11H2,1H3,(H,13,15)(H2,12,16,17). The second-order valence-electron chi connectivity index (χ2n) is 3.99. The van der Waals surface area contributed by atoms with E-state index in [9.17, 15) is 13.2 Å². The van der Waals surface area contributed by atoms with Crippen LogP contribution in [0.1, 0.15) is 6.92 Å². The summed E-state index contributed by atoms with van der Waals surface area (Å²) in [5.41, 5.74) is 6.39. The number of nitrogens with zero attached hydrogens (tertiary/aromatic N) is 1. The van der Waals surface area contributed by atoms with E-state index in [1.54, 1.807) is 25.1 Å². The van der Waals surface area contributed by atoms with Crippen molar-refractivity contribution < 1.29 is 13.2 Å². The molecule has 0 bridgehead atoms. The van der Waals surface area contributed by atoms with Gasteiger partial charge in [0.1, 0.15) is 0 Å². The minimum absolute atomic E-state index is 0.154. The van der Waals surface area contributed by atoms with Crippen molar-refractivity contribution in [2.24, 2.45) is 10.9 Å². The Morgan fingerprint density at radius 2 is 2.16 bits per heavy atom. The number of carbonyl (C=O) groups is 1. The van der Waals surface area contributed by atoms with E-state index >= 15 is 0 Å². The molecule has 0 aliphatic rings. The number of thiazole rings is 1. The first-order chi connectivity index (χ1) is 8.77. The Balaban J connectivity index is 2.38. The fraction of sp³-hybridized carbons (Fsp3) is 0.200. The lowest BCUT2D eigenvalue weighted by Crippen LogP contribution is -2.32. The van der Waals surface area contributed by atoms with Gasteiger partial charge in [0, 0.05) is 5.69 Å². The number of nitrogens with two attached hydrogens (primary N) is 2. The van der Waals surface area contributed by atoms with Crippen molar-refractivity contribution in [3.8, 4) is 0 Å². The molecule has 1 atom stereocenters. The first-order valence-electron chi connectivity index (χ1n) is 5.27. The summed E-state index contributed by atoms with van der Waals surface area (Å²) in [4.78, 5) is 15.4. The summed E-state index contributed by atoms with van der Waals surface area (Å²) < 4.78 is 22.9. The van der Waals surface area contributed by atoms with Crippen LogP contribution in [0.25, 0.3) is 10.2 Å². The number of anilines is 1. The molecular formula is C10H12N4O3S2. The highest BCUT2D eigenvalue weighted by atomic mass is 32.2. The van der Waals surface area contributed by atoms with Crippen molar-refractivity contribution in [2.75, 3.05) is 5.32 Å². The summed E-state index contributed by atoms with van der Waals surface area (Å²) >= 11 is 0.977. The number of rotatable bonds is 3. The van der Waals surface area contributed by atoms with E-state index in [1.807, 2.05) is 0 Å². The molecule has 0 saturated heterocycles. The second-order valence-corrected chi connectivity index (χ2v) is 6.75. The summed E-state index contributed by atoms with van der Waals surface area (Å²) in [5, 5.41) is 7.61. The van der Waals surface area contributed by atoms with Gasteiger partial charge in [-0.25, -0.2) is 18.5 Å². The van der Waals surface area contributed by atoms with Gasteiger partial charge in [-0.15, -0.1) is 11.3 Å². The summed E-state index contributed by atoms with van der Waals surface area (Å²) in [5.74, 6) is -0.332. The molecule has 0 radical (unpaired) electrons. The highest BCUT2D eigenvalue weighted by molar-refractivity contribution is 7.91. The third-order valence-corrected chi connectivity index (χ3v) is 4.65. The molecule has 0 aliphatic carbocycles. The molecule has 0 spiro atoms. The van der Waals surface area contributed by atoms with Gasteiger partial charge in [-0.2, -0.15) is 0 Å². The lowest BCUT2D eigenvalue weighted by molar-refractivity contribution is -0.117. The molecule has 1 aromatic heterocycles. The number of hydrogen-bond donors (Lipinski definition) is 3. The SMILES string of the molecule is CC(N)C(=O)Nc1ccc2sc(S(N)(=O)=O)nc2c1. The van der Waals surface area contributed by atoms with Crippen LogP contribution in [-0.2, 0) is 14.8 Å². The largest absolute Gasteiger partial charge is 0.325 e. The maximum absolute atomic E-state index is 11.4. The maximum Gasteiger partial charge on any atom is 0.265 e. The zero-order valence-electron chi connectivity index (χ0n) is 9.95. The van der Waals surface area contributed by atoms with Crippen LogP contribution in [0.4, 0.5) is 5.69 Å². The molecule has 9 heteroatoms. The van der Waals surface area contributed by atoms with Gasteiger partial charge in [-0.3, -0.25) is 4.79 Å². The number of primary sulfonamides is 1. The molecule has 2 aromatic rings. The fourth-order valence-electron chi connectivity index (χ4n) is 1.36. The first kappa shape index (κ1) is 13.9. The predicted octanol–water partition coefficient (Wildman–Crippen LogP) is 0.229. The van der Waals surface area contributed by atoms with Crippen LogP contribution in [0, 0.1) is 0 Å². The molecule has 1 aromatic carbocycles. The van der Waals surface area contributed by atoms with Crippen molar-refractivity contribution in [3.05, 3.63) is 18.2 Å². The van der Waals surface area contributed by atoms with Crippen molar-refractivity contribution >= 4 is 43.2 Å². The topological polar surface area (TPSA) is 128 Å². The van der Waals surface area contributed by atoms with Crippen LogP contribution in [0.2, 0.25) is 0 Å². The Morgan fingerprint density at radius 3 is 2.74 bits per heavy atom. The molecule has 1 amide bonds. The van der Waals surface area contributed by atoms with E-state index in [0.717, 1.165) is 11.3 Å². The van der Waals surface area contributed by atoms with Crippen molar-refractivity contribution in [2.45, 2.75) is 17.3 Å². The lowest BCUT2D eigenvalue weighted by atomic mass is 10.2. The Labute approximate surface area is 113 Å². The van der Waals surface area contributed by atoms with Gasteiger partial charge in [-0.1, -0.05) is 0 Å². The van der Waals surface area contributed by atoms with Crippen LogP contribution in [-0.4, -0.2) is 25.4 Å². The van der Waals surface area contributed by atoms with Gasteiger partial charge in [0.2, 0.25) is 10.2 Å². The van der Waals surface area contributed by atoms with Crippen molar-refractivity contribution in [1.29, 1.82) is 0 Å². The third-order valence-electron chi connectivity index (χ3n) is 2.29. The number of nitrogens with one attached hydrogen (secondary N) is 1. The van der Waals surface area contributed by atoms with Crippen LogP contribution in [0.3, 0.4) is 0 Å². The number of amides is 1. The molecule has 19 heavy (non-hydrogen) atoms. The smallest absolute Gasteiger partial charge is 0.265 e. The van der Waals surface area contributed by atoms with E-state index in [4.69, 9.17) is 10.9 Å². The summed E-state index contributed by atoms with van der Waals surface area (Å²) in [6, 6.07) is 4.25. The number of hydrogen-bond acceptors (Lipinski definition) is 6. The minimum atomic E-state index is -3.81. The van der Waals surface area contributed by atoms with Crippen LogP contribution < -0.4 is 16.2 Å². The Bertz CT molecular complexity index is 736. The predicted molar refractivity (Wildman–Crippen MR) is 73.3 cm³/mol. The van der Waals surface area contributed by atoms with Gasteiger partial charge in [-0.05, 0) is 25.1 Å². The van der Waals surface area contributed by atoms with Gasteiger partial charge >= 0.3 is 0 Å². The average Bonchev–Trinajstić information content (AvgIpc) is 2.71. The monoisotopic (exact) mass is 300 g/mol. The highest BCUT2D eigenvalue weighted by Gasteiger charge is 2.15. The maximum atomic E-state index is 11.4. The lowest BCUT2D eigenvalue weighted by Gasteiger charge is -2.07. The number of fused-ring (bicyclic) bond motifs is 1. The van der Waals surface area contributed by atoms with E-state index in [-0.39, 0.29) is 10.2 Å². The van der Waals surface area contributed by atoms with E-state index in [0.29, 0.717) is 15.9 Å². The molecule has 0 fully saturated rings. The molecule has 1 heterocycles. The van der Waals surface area contributed by atoms with Crippen LogP contribution >= 0.6 is 11.3 Å². The van der Waals surface area contributed by atoms with Gasteiger partial charge < -0.3 is 11.1 Å². The minimum Gasteiger partial charge on any atom is -0.325 e. The molecule has 1 unspecified atom stereocenters. The average molecular weight is 300 g/mol. The second kappa shape index (κ2) is 4.85. The Hall–Kier alpha value is -1.55. The summed E-state index contributed by atoms with van der Waals surface area (Å²) in [7, 11) is -3.81. The molecule has 2 rings (SSSR count). The molecule has 7 nitrogen and oxygen atoms in total. The normalized spacial score (nSPS) is 13.4. The Kier molecular flexibility index (Phi) is 3.54. The number of aromatic nitrogens is 1. The quantitative estimate of drug-likeness (QED) is 0.747. The van der Waals surface area contributed by atoms with Gasteiger partial charge in [0.15, 0.2) is 0 Å². The molecule has 5 N–H and O–H groups in total. The zero-order valence-corrected chi connectivity index (χ0v) is 11.6. The molecule has 0 saturated carbocycles. The van der Waals surface area contributed by atoms with E-state index in [2.05, 4.69) is 10.3 Å². The van der Waals surface area contributed by atoms with Crippen LogP contribution in [0.15, 0.2) is 22.5 Å². The first-order valence-corrected chi connectivity index (χ1v) is 7.63. The highest BCUT2D eigenvalue weighted by Crippen LogP contribution is 2.26. The molecular weight excluding hydrogens is 288 g/mol. The summed E-state index contributed by atoms with van der Waals surface area (Å²) in [6.45, 7) is 1.57. The van der Waals surface area contributed by atoms with E-state index in [1.165, 1.54) is 0 Å². The number of sulfonamides is 1. The molecule has 102 valence electrons. The van der Waals surface area contributed by atoms with Crippen LogP contribution in [0.5, 0.6) is 0 Å². The zero-order chi connectivity index (χ0) is 14.2. The van der Waals surface area contributed by atoms with Crippen molar-refractivity contribution in [1.82, 2.24) is 4.98 Å². The van der Waals surface area contributed by atoms with Gasteiger partial charge in [0.25, 0.3) is 10.0 Å².